The lowest BCUT2D eigenvalue weighted by Crippen LogP contribution is -2.18. The molecule has 0 aromatic carbocycles. The maximum Gasteiger partial charge on any atom is 0.264 e. The molecule has 0 rings (SSSR count). The monoisotopic (exact) mass is 296 g/mol. The van der Waals surface area contributed by atoms with Gasteiger partial charge in [0.25, 0.3) is 10.1 Å². The van der Waals surface area contributed by atoms with Gasteiger partial charge in [-0.15, -0.1) is 0 Å². The van der Waals surface area contributed by atoms with Gasteiger partial charge < -0.3 is 11.1 Å². The van der Waals surface area contributed by atoms with E-state index in [2.05, 4.69) is 18.8 Å². The van der Waals surface area contributed by atoms with Gasteiger partial charge in [0.1, 0.15) is 0 Å². The molecule has 0 aliphatic heterocycles. The Bertz CT molecular complexity index is 311. The Morgan fingerprint density at radius 1 is 1.26 bits per heavy atom. The number of amides is 1. The Hall–Kier alpha value is -0.920. The highest BCUT2D eigenvalue weighted by molar-refractivity contribution is 7.85. The summed E-state index contributed by atoms with van der Waals surface area (Å²) in [5.74, 6) is -0.194. The van der Waals surface area contributed by atoms with Crippen LogP contribution >= 0.6 is 0 Å². The largest absolute Gasteiger partial charge is 0.355 e. The third-order valence-electron chi connectivity index (χ3n) is 1.73. The molecule has 0 fully saturated rings. The average Bonchev–Trinajstić information content (AvgIpc) is 2.36. The molecule has 0 heterocycles. The number of likely N-dealkylation sites (N-methyl/N-ethyl adjacent to an activating group) is 1. The average molecular weight is 296 g/mol. The first-order valence-electron chi connectivity index (χ1n) is 6.25. The van der Waals surface area contributed by atoms with Gasteiger partial charge in [0.15, 0.2) is 0 Å². The van der Waals surface area contributed by atoms with Gasteiger partial charge >= 0.3 is 0 Å². The molecule has 19 heavy (non-hydrogen) atoms. The van der Waals surface area contributed by atoms with Crippen LogP contribution in [0.25, 0.3) is 0 Å². The van der Waals surface area contributed by atoms with Crippen molar-refractivity contribution < 1.29 is 17.8 Å². The molecule has 6 nitrogen and oxygen atoms in total. The van der Waals surface area contributed by atoms with Gasteiger partial charge in [0.2, 0.25) is 5.91 Å². The van der Waals surface area contributed by atoms with Crippen molar-refractivity contribution in [3.63, 3.8) is 0 Å². The van der Waals surface area contributed by atoms with Crippen molar-refractivity contribution in [2.75, 3.05) is 19.3 Å². The summed E-state index contributed by atoms with van der Waals surface area (Å²) in [7, 11) is -2.07. The van der Waals surface area contributed by atoms with Crippen LogP contribution in [0.2, 0.25) is 0 Å². The Balaban J connectivity index is -0.000000214. The lowest BCUT2D eigenvalue weighted by atomic mass is 10.2. The van der Waals surface area contributed by atoms with E-state index in [0.717, 1.165) is 19.4 Å². The minimum Gasteiger partial charge on any atom is -0.355 e. The van der Waals surface area contributed by atoms with Gasteiger partial charge in [-0.05, 0) is 25.8 Å². The van der Waals surface area contributed by atoms with Gasteiger partial charge in [-0.2, -0.15) is 8.42 Å². The SMILES string of the molecule is C=C(CC)C(=O)NC.CCCN.CCCS(=O)(=O)O. The molecule has 116 valence electrons. The number of nitrogens with two attached hydrogens (primary N) is 1. The third kappa shape index (κ3) is 26.6. The van der Waals surface area contributed by atoms with E-state index in [0.29, 0.717) is 12.0 Å². The molecule has 0 atom stereocenters. The summed E-state index contributed by atoms with van der Waals surface area (Å²) < 4.78 is 27.6. The predicted molar refractivity (Wildman–Crippen MR) is 79.5 cm³/mol. The van der Waals surface area contributed by atoms with E-state index < -0.39 is 10.1 Å². The second-order valence-electron chi connectivity index (χ2n) is 3.61. The molecule has 0 spiro atoms. The van der Waals surface area contributed by atoms with Gasteiger partial charge in [-0.3, -0.25) is 9.35 Å². The van der Waals surface area contributed by atoms with Crippen molar-refractivity contribution in [1.82, 2.24) is 5.32 Å². The summed E-state index contributed by atoms with van der Waals surface area (Å²) in [4.78, 5) is 10.5. The van der Waals surface area contributed by atoms with Crippen LogP contribution in [0.4, 0.5) is 0 Å². The van der Waals surface area contributed by atoms with Gasteiger partial charge in [-0.1, -0.05) is 27.4 Å². The van der Waals surface area contributed by atoms with Crippen molar-refractivity contribution in [3.05, 3.63) is 12.2 Å². The summed E-state index contributed by atoms with van der Waals surface area (Å²) >= 11 is 0. The molecule has 7 heteroatoms. The Morgan fingerprint density at radius 2 is 1.68 bits per heavy atom. The lowest BCUT2D eigenvalue weighted by Gasteiger charge is -1.96. The Kier molecular flexibility index (Phi) is 18.5. The van der Waals surface area contributed by atoms with Crippen LogP contribution in [0, 0.1) is 0 Å². The van der Waals surface area contributed by atoms with Crippen LogP contribution in [0.1, 0.15) is 40.0 Å². The van der Waals surface area contributed by atoms with Crippen LogP contribution in [0.3, 0.4) is 0 Å². The van der Waals surface area contributed by atoms with Gasteiger partial charge in [0.05, 0.1) is 5.75 Å². The van der Waals surface area contributed by atoms with E-state index in [1.165, 1.54) is 0 Å². The van der Waals surface area contributed by atoms with E-state index in [-0.39, 0.29) is 11.7 Å². The summed E-state index contributed by atoms with van der Waals surface area (Å²) in [5, 5.41) is 2.48. The fraction of sp³-hybridized carbons (Fsp3) is 0.750. The van der Waals surface area contributed by atoms with Crippen LogP contribution in [-0.2, 0) is 14.9 Å². The van der Waals surface area contributed by atoms with Crippen LogP contribution in [-0.4, -0.2) is 38.2 Å². The zero-order valence-corrected chi connectivity index (χ0v) is 13.2. The van der Waals surface area contributed by atoms with Crippen molar-refractivity contribution in [1.29, 1.82) is 0 Å². The highest BCUT2D eigenvalue weighted by Gasteiger charge is 1.98. The number of carbonyl (C=O) groups excluding carboxylic acids is 1. The maximum absolute atomic E-state index is 10.5. The van der Waals surface area contributed by atoms with E-state index in [4.69, 9.17) is 10.3 Å². The summed E-state index contributed by atoms with van der Waals surface area (Å²) in [6.45, 7) is 10.00. The molecule has 0 aromatic rings. The molecule has 1 amide bonds. The molecule has 0 bridgehead atoms. The predicted octanol–water partition coefficient (Wildman–Crippen LogP) is 1.34. The normalized spacial score (nSPS) is 9.37. The molecule has 0 radical (unpaired) electrons. The van der Waals surface area contributed by atoms with Crippen molar-refractivity contribution in [2.24, 2.45) is 5.73 Å². The molecule has 0 unspecified atom stereocenters. The fourth-order valence-corrected chi connectivity index (χ4v) is 1.11. The van der Waals surface area contributed by atoms with E-state index >= 15 is 0 Å². The molecule has 0 aliphatic carbocycles. The zero-order chi connectivity index (χ0) is 15.9. The number of nitrogens with one attached hydrogen (secondary N) is 1. The standard InChI is InChI=1S/C6H11NO.C3H9N.C3H8O3S/c1-4-5(2)6(8)7-3;1-2-3-4;1-2-3-7(4,5)6/h2,4H2,1,3H3,(H,7,8);2-4H2,1H3;2-3H2,1H3,(H,4,5,6). The summed E-state index contributed by atoms with van der Waals surface area (Å²) in [5.41, 5.74) is 5.66. The first kappa shape index (κ1) is 23.2. The minimum atomic E-state index is -3.67. The summed E-state index contributed by atoms with van der Waals surface area (Å²) in [6.07, 6.45) is 2.29. The fourth-order valence-electron chi connectivity index (χ4n) is 0.595. The van der Waals surface area contributed by atoms with Gasteiger partial charge in [0, 0.05) is 12.6 Å². The van der Waals surface area contributed by atoms with Crippen LogP contribution in [0.5, 0.6) is 0 Å². The number of hydrogen-bond donors (Lipinski definition) is 3. The minimum absolute atomic E-state index is 0.0625. The van der Waals surface area contributed by atoms with Crippen LogP contribution in [0.15, 0.2) is 12.2 Å². The van der Waals surface area contributed by atoms with E-state index in [1.807, 2.05) is 6.92 Å². The van der Waals surface area contributed by atoms with Crippen molar-refractivity contribution >= 4 is 16.0 Å². The number of rotatable bonds is 5. The Morgan fingerprint density at radius 3 is 1.74 bits per heavy atom. The van der Waals surface area contributed by atoms with Crippen molar-refractivity contribution in [2.45, 2.75) is 40.0 Å². The zero-order valence-electron chi connectivity index (χ0n) is 12.4. The molecule has 0 aliphatic rings. The van der Waals surface area contributed by atoms with E-state index in [9.17, 15) is 13.2 Å². The second kappa shape index (κ2) is 15.1. The van der Waals surface area contributed by atoms with E-state index in [1.54, 1.807) is 14.0 Å². The molecule has 0 saturated carbocycles. The molecular formula is C12H28N2O4S. The van der Waals surface area contributed by atoms with Gasteiger partial charge in [-0.25, -0.2) is 0 Å². The highest BCUT2D eigenvalue weighted by Crippen LogP contribution is 1.93. The quantitative estimate of drug-likeness (QED) is 0.524. The third-order valence-corrected chi connectivity index (χ3v) is 2.65. The number of hydrogen-bond acceptors (Lipinski definition) is 4. The molecular weight excluding hydrogens is 268 g/mol. The first-order valence-corrected chi connectivity index (χ1v) is 7.85. The van der Waals surface area contributed by atoms with Crippen molar-refractivity contribution in [3.8, 4) is 0 Å². The lowest BCUT2D eigenvalue weighted by molar-refractivity contribution is -0.117. The second-order valence-corrected chi connectivity index (χ2v) is 5.18. The molecule has 4 N–H and O–H groups in total. The molecule has 0 aromatic heterocycles. The maximum atomic E-state index is 10.5. The highest BCUT2D eigenvalue weighted by atomic mass is 32.2. The topological polar surface area (TPSA) is 109 Å². The van der Waals surface area contributed by atoms with Crippen LogP contribution < -0.4 is 11.1 Å². The first-order chi connectivity index (χ1) is 8.69. The number of carbonyl (C=O) groups is 1. The smallest absolute Gasteiger partial charge is 0.264 e. The summed E-state index contributed by atoms with van der Waals surface area (Å²) in [6, 6.07) is 0. The Labute approximate surface area is 117 Å². The molecule has 0 saturated heterocycles.